The first-order valence-corrected chi connectivity index (χ1v) is 12.0. The molecule has 3 aliphatic rings. The quantitative estimate of drug-likeness (QED) is 0.724. The third kappa shape index (κ3) is 4.35. The van der Waals surface area contributed by atoms with Crippen molar-refractivity contribution in [3.05, 3.63) is 34.7 Å². The van der Waals surface area contributed by atoms with Crippen molar-refractivity contribution < 1.29 is 19.1 Å². The smallest absolute Gasteiger partial charge is 0.264 e. The van der Waals surface area contributed by atoms with Crippen LogP contribution in [0.5, 0.6) is 0 Å². The summed E-state index contributed by atoms with van der Waals surface area (Å²) in [5.41, 5.74) is 1.14. The predicted molar refractivity (Wildman–Crippen MR) is 120 cm³/mol. The van der Waals surface area contributed by atoms with Gasteiger partial charge in [0.2, 0.25) is 5.91 Å². The highest BCUT2D eigenvalue weighted by molar-refractivity contribution is 7.21. The maximum absolute atomic E-state index is 13.4. The molecule has 8 heteroatoms. The number of rotatable bonds is 4. The van der Waals surface area contributed by atoms with Crippen molar-refractivity contribution in [2.75, 3.05) is 72.2 Å². The maximum atomic E-state index is 13.4. The zero-order valence-corrected chi connectivity index (χ0v) is 18.6. The Morgan fingerprint density at radius 3 is 2.42 bits per heavy atom. The van der Waals surface area contributed by atoms with Crippen molar-refractivity contribution in [1.82, 2.24) is 14.7 Å². The number of hydrogen-bond donors (Lipinski definition) is 0. The van der Waals surface area contributed by atoms with Crippen molar-refractivity contribution in [3.63, 3.8) is 0 Å². The van der Waals surface area contributed by atoms with Crippen molar-refractivity contribution in [2.45, 2.75) is 12.3 Å². The van der Waals surface area contributed by atoms with Crippen LogP contribution in [0.1, 0.15) is 27.6 Å². The number of morpholine rings is 2. The Kier molecular flexibility index (Phi) is 6.22. The predicted octanol–water partition coefficient (Wildman–Crippen LogP) is 2.02. The fourth-order valence-corrected chi connectivity index (χ4v) is 6.07. The summed E-state index contributed by atoms with van der Waals surface area (Å²) < 4.78 is 12.0. The third-order valence-electron chi connectivity index (χ3n) is 6.54. The van der Waals surface area contributed by atoms with Gasteiger partial charge in [0.05, 0.1) is 37.8 Å². The molecule has 3 saturated heterocycles. The van der Waals surface area contributed by atoms with Gasteiger partial charge in [0.1, 0.15) is 0 Å². The Labute approximate surface area is 186 Å². The molecule has 7 nitrogen and oxygen atoms in total. The van der Waals surface area contributed by atoms with Gasteiger partial charge in [-0.15, -0.1) is 11.3 Å². The number of carbonyl (C=O) groups excluding carboxylic acids is 2. The fourth-order valence-electron chi connectivity index (χ4n) is 4.81. The lowest BCUT2D eigenvalue weighted by Crippen LogP contribution is -2.44. The maximum Gasteiger partial charge on any atom is 0.264 e. The number of likely N-dealkylation sites (tertiary alicyclic amines) is 1. The van der Waals surface area contributed by atoms with Crippen LogP contribution in [0, 0.1) is 0 Å². The Morgan fingerprint density at radius 1 is 0.935 bits per heavy atom. The molecule has 5 rings (SSSR count). The molecule has 2 amide bonds. The number of hydrogen-bond acceptors (Lipinski definition) is 6. The second kappa shape index (κ2) is 9.24. The molecule has 1 aromatic carbocycles. The van der Waals surface area contributed by atoms with Gasteiger partial charge in [-0.05, 0) is 23.4 Å². The Morgan fingerprint density at radius 2 is 1.65 bits per heavy atom. The van der Waals surface area contributed by atoms with Crippen LogP contribution in [0.2, 0.25) is 0 Å². The van der Waals surface area contributed by atoms with Gasteiger partial charge in [-0.25, -0.2) is 0 Å². The Bertz CT molecular complexity index is 949. The summed E-state index contributed by atoms with van der Waals surface area (Å²) in [5, 5.41) is 1.16. The van der Waals surface area contributed by atoms with Crippen LogP contribution in [0.15, 0.2) is 24.3 Å². The number of fused-ring (bicyclic) bond motifs is 1. The van der Waals surface area contributed by atoms with Crippen LogP contribution >= 0.6 is 11.3 Å². The number of carbonyl (C=O) groups is 2. The normalized spacial score (nSPS) is 22.9. The largest absolute Gasteiger partial charge is 0.379 e. The average Bonchev–Trinajstić information content (AvgIpc) is 3.44. The summed E-state index contributed by atoms with van der Waals surface area (Å²) >= 11 is 1.59. The van der Waals surface area contributed by atoms with Crippen molar-refractivity contribution in [2.24, 2.45) is 0 Å². The van der Waals surface area contributed by atoms with Gasteiger partial charge in [-0.1, -0.05) is 18.2 Å². The number of amides is 2. The molecule has 3 aliphatic heterocycles. The molecule has 0 radical (unpaired) electrons. The SMILES string of the molecule is O=C(CN1CCOCC1)N1CC[C@@H](c2c(C(=O)N3CCOCC3)sc3ccccc23)C1. The van der Waals surface area contributed by atoms with Gasteiger partial charge >= 0.3 is 0 Å². The first-order valence-electron chi connectivity index (χ1n) is 11.2. The molecule has 1 aromatic heterocycles. The van der Waals surface area contributed by atoms with Crippen LogP contribution in [0.3, 0.4) is 0 Å². The van der Waals surface area contributed by atoms with E-state index in [-0.39, 0.29) is 17.7 Å². The standard InChI is InChI=1S/C23H29N3O4S/c27-20(16-24-7-11-29-12-8-24)26-6-5-17(15-26)21-18-3-1-2-4-19(18)31-22(21)23(28)25-9-13-30-14-10-25/h1-4,17H,5-16H2/t17-/m1/s1. The zero-order chi connectivity index (χ0) is 21.2. The molecular weight excluding hydrogens is 414 g/mol. The monoisotopic (exact) mass is 443 g/mol. The average molecular weight is 444 g/mol. The van der Waals surface area contributed by atoms with Crippen molar-refractivity contribution in [1.29, 1.82) is 0 Å². The van der Waals surface area contributed by atoms with Crippen molar-refractivity contribution >= 4 is 33.2 Å². The minimum absolute atomic E-state index is 0.109. The van der Waals surface area contributed by atoms with E-state index >= 15 is 0 Å². The van der Waals surface area contributed by atoms with Crippen LogP contribution < -0.4 is 0 Å². The highest BCUT2D eigenvalue weighted by atomic mass is 32.1. The second-order valence-electron chi connectivity index (χ2n) is 8.46. The number of nitrogens with zero attached hydrogens (tertiary/aromatic N) is 3. The topological polar surface area (TPSA) is 62.3 Å². The summed E-state index contributed by atoms with van der Waals surface area (Å²) in [5.74, 6) is 0.493. The molecule has 31 heavy (non-hydrogen) atoms. The first kappa shape index (κ1) is 20.9. The van der Waals surface area contributed by atoms with Gasteiger partial charge in [0.25, 0.3) is 5.91 Å². The van der Waals surface area contributed by atoms with Crippen LogP contribution in [-0.2, 0) is 14.3 Å². The van der Waals surface area contributed by atoms with E-state index in [2.05, 4.69) is 17.0 Å². The van der Waals surface area contributed by atoms with E-state index < -0.39 is 0 Å². The molecule has 1 atom stereocenters. The lowest BCUT2D eigenvalue weighted by atomic mass is 9.94. The Hall–Kier alpha value is -2.00. The van der Waals surface area contributed by atoms with Crippen molar-refractivity contribution in [3.8, 4) is 0 Å². The molecule has 0 unspecified atom stereocenters. The summed E-state index contributed by atoms with van der Waals surface area (Å²) in [6, 6.07) is 8.28. The molecule has 2 aromatic rings. The van der Waals surface area contributed by atoms with E-state index in [0.29, 0.717) is 52.6 Å². The molecule has 4 heterocycles. The molecule has 3 fully saturated rings. The van der Waals surface area contributed by atoms with Crippen LogP contribution in [0.25, 0.3) is 10.1 Å². The lowest BCUT2D eigenvalue weighted by molar-refractivity contribution is -0.132. The highest BCUT2D eigenvalue weighted by Gasteiger charge is 2.34. The first-order chi connectivity index (χ1) is 15.2. The van der Waals surface area contributed by atoms with E-state index in [9.17, 15) is 9.59 Å². The second-order valence-corrected chi connectivity index (χ2v) is 9.51. The van der Waals surface area contributed by atoms with Crippen LogP contribution in [0.4, 0.5) is 0 Å². The van der Waals surface area contributed by atoms with Gasteiger partial charge in [-0.2, -0.15) is 0 Å². The number of benzene rings is 1. The van der Waals surface area contributed by atoms with E-state index in [1.54, 1.807) is 11.3 Å². The van der Waals surface area contributed by atoms with Crippen LogP contribution in [-0.4, -0.2) is 98.8 Å². The molecule has 166 valence electrons. The van der Waals surface area contributed by atoms with Gasteiger partial charge in [0.15, 0.2) is 0 Å². The fraction of sp³-hybridized carbons (Fsp3) is 0.565. The van der Waals surface area contributed by atoms with Gasteiger partial charge < -0.3 is 19.3 Å². The number of ether oxygens (including phenoxy) is 2. The molecular formula is C23H29N3O4S. The lowest BCUT2D eigenvalue weighted by Gasteiger charge is -2.28. The van der Waals surface area contributed by atoms with E-state index in [1.165, 1.54) is 0 Å². The molecule has 0 N–H and O–H groups in total. The van der Waals surface area contributed by atoms with E-state index in [0.717, 1.165) is 46.6 Å². The Balaban J connectivity index is 1.36. The minimum Gasteiger partial charge on any atom is -0.379 e. The number of thiophene rings is 1. The van der Waals surface area contributed by atoms with Gasteiger partial charge in [0, 0.05) is 49.9 Å². The van der Waals surface area contributed by atoms with Gasteiger partial charge in [-0.3, -0.25) is 14.5 Å². The van der Waals surface area contributed by atoms with E-state index in [4.69, 9.17) is 9.47 Å². The molecule has 0 saturated carbocycles. The summed E-state index contributed by atoms with van der Waals surface area (Å²) in [7, 11) is 0. The summed E-state index contributed by atoms with van der Waals surface area (Å²) in [4.78, 5) is 33.2. The molecule has 0 spiro atoms. The summed E-state index contributed by atoms with van der Waals surface area (Å²) in [6.07, 6.45) is 0.902. The zero-order valence-electron chi connectivity index (χ0n) is 17.8. The molecule has 0 bridgehead atoms. The molecule has 0 aliphatic carbocycles. The third-order valence-corrected chi connectivity index (χ3v) is 7.71. The minimum atomic E-state index is 0.109. The highest BCUT2D eigenvalue weighted by Crippen LogP contribution is 2.40. The van der Waals surface area contributed by atoms with E-state index in [1.807, 2.05) is 21.9 Å². The summed E-state index contributed by atoms with van der Waals surface area (Å²) in [6.45, 7) is 7.40.